The van der Waals surface area contributed by atoms with Crippen LogP contribution < -0.4 is 0 Å². The molecule has 17 heavy (non-hydrogen) atoms. The first-order valence-electron chi connectivity index (χ1n) is 5.90. The molecule has 0 aliphatic heterocycles. The second kappa shape index (κ2) is 4.41. The van der Waals surface area contributed by atoms with Gasteiger partial charge in [-0.15, -0.1) is 0 Å². The minimum atomic E-state index is 0.583. The van der Waals surface area contributed by atoms with Gasteiger partial charge in [-0.3, -0.25) is 10.1 Å². The molecule has 0 unspecified atom stereocenters. The van der Waals surface area contributed by atoms with Gasteiger partial charge in [0, 0.05) is 24.4 Å². The molecular formula is C12H14N4S. The summed E-state index contributed by atoms with van der Waals surface area (Å²) in [5.74, 6) is 1.06. The molecule has 1 fully saturated rings. The molecule has 0 saturated heterocycles. The van der Waals surface area contributed by atoms with Gasteiger partial charge >= 0.3 is 0 Å². The number of rotatable bonds is 4. The van der Waals surface area contributed by atoms with Gasteiger partial charge in [-0.2, -0.15) is 5.10 Å². The molecule has 88 valence electrons. The predicted octanol–water partition coefficient (Wildman–Crippen LogP) is 2.46. The van der Waals surface area contributed by atoms with Gasteiger partial charge < -0.3 is 4.57 Å². The van der Waals surface area contributed by atoms with Gasteiger partial charge in [0.15, 0.2) is 4.77 Å². The van der Waals surface area contributed by atoms with Crippen LogP contribution in [-0.2, 0) is 12.8 Å². The van der Waals surface area contributed by atoms with Crippen LogP contribution in [0.25, 0.3) is 0 Å². The minimum Gasteiger partial charge on any atom is -0.301 e. The molecule has 2 aromatic heterocycles. The molecule has 1 saturated carbocycles. The largest absolute Gasteiger partial charge is 0.301 e. The summed E-state index contributed by atoms with van der Waals surface area (Å²) < 4.78 is 2.92. The van der Waals surface area contributed by atoms with E-state index in [1.807, 2.05) is 24.4 Å². The SMILES string of the molecule is S=c1[nH]nc(CCc2ccccn2)n1C1CC1. The van der Waals surface area contributed by atoms with Gasteiger partial charge in [0.2, 0.25) is 0 Å². The first kappa shape index (κ1) is 10.7. The molecule has 0 amide bonds. The molecule has 2 heterocycles. The van der Waals surface area contributed by atoms with Crippen molar-refractivity contribution in [3.05, 3.63) is 40.7 Å². The van der Waals surface area contributed by atoms with Gasteiger partial charge in [0.1, 0.15) is 5.82 Å². The molecule has 5 heteroatoms. The van der Waals surface area contributed by atoms with Crippen molar-refractivity contribution in [3.8, 4) is 0 Å². The van der Waals surface area contributed by atoms with E-state index in [0.29, 0.717) is 6.04 Å². The zero-order valence-corrected chi connectivity index (χ0v) is 10.3. The molecule has 1 aliphatic rings. The third kappa shape index (κ3) is 2.29. The summed E-state index contributed by atoms with van der Waals surface area (Å²) in [5.41, 5.74) is 1.10. The molecule has 1 aliphatic carbocycles. The Morgan fingerprint density at radius 1 is 1.35 bits per heavy atom. The summed E-state index contributed by atoms with van der Waals surface area (Å²) in [6.07, 6.45) is 6.08. The van der Waals surface area contributed by atoms with E-state index in [1.54, 1.807) is 0 Å². The lowest BCUT2D eigenvalue weighted by Gasteiger charge is -2.04. The number of nitrogens with one attached hydrogen (secondary N) is 1. The number of pyridine rings is 1. The molecule has 3 rings (SSSR count). The Labute approximate surface area is 105 Å². The van der Waals surface area contributed by atoms with Crippen molar-refractivity contribution in [1.82, 2.24) is 19.7 Å². The van der Waals surface area contributed by atoms with Crippen molar-refractivity contribution in [2.45, 2.75) is 31.7 Å². The Kier molecular flexibility index (Phi) is 2.76. The highest BCUT2D eigenvalue weighted by Gasteiger charge is 2.26. The summed E-state index contributed by atoms with van der Waals surface area (Å²) in [5, 5.41) is 7.20. The molecule has 0 bridgehead atoms. The van der Waals surface area contributed by atoms with Crippen LogP contribution in [0.5, 0.6) is 0 Å². The second-order valence-electron chi connectivity index (χ2n) is 4.37. The highest BCUT2D eigenvalue weighted by Crippen LogP contribution is 2.35. The molecule has 0 atom stereocenters. The standard InChI is InChI=1S/C12H14N4S/c17-12-15-14-11(16(12)10-5-6-10)7-4-9-3-1-2-8-13-9/h1-3,8,10H,4-7H2,(H,15,17). The third-order valence-corrected chi connectivity index (χ3v) is 3.31. The first-order valence-corrected chi connectivity index (χ1v) is 6.31. The van der Waals surface area contributed by atoms with Crippen molar-refractivity contribution in [1.29, 1.82) is 0 Å². The van der Waals surface area contributed by atoms with Crippen LogP contribution in [0.4, 0.5) is 0 Å². The second-order valence-corrected chi connectivity index (χ2v) is 4.75. The van der Waals surface area contributed by atoms with Gasteiger partial charge in [-0.05, 0) is 43.6 Å². The van der Waals surface area contributed by atoms with Crippen molar-refractivity contribution in [2.75, 3.05) is 0 Å². The van der Waals surface area contributed by atoms with Gasteiger partial charge in [-0.25, -0.2) is 0 Å². The third-order valence-electron chi connectivity index (χ3n) is 3.02. The fourth-order valence-electron chi connectivity index (χ4n) is 2.01. The molecule has 2 aromatic rings. The summed E-state index contributed by atoms with van der Waals surface area (Å²) in [4.78, 5) is 4.32. The van der Waals surface area contributed by atoms with Crippen molar-refractivity contribution < 1.29 is 0 Å². The van der Waals surface area contributed by atoms with Crippen LogP contribution >= 0.6 is 12.2 Å². The topological polar surface area (TPSA) is 46.5 Å². The van der Waals surface area contributed by atoms with E-state index in [9.17, 15) is 0 Å². The van der Waals surface area contributed by atoms with Crippen molar-refractivity contribution >= 4 is 12.2 Å². The quantitative estimate of drug-likeness (QED) is 0.843. The molecule has 0 aromatic carbocycles. The fraction of sp³-hybridized carbons (Fsp3) is 0.417. The number of hydrogen-bond acceptors (Lipinski definition) is 3. The number of hydrogen-bond donors (Lipinski definition) is 1. The summed E-state index contributed by atoms with van der Waals surface area (Å²) in [7, 11) is 0. The van der Waals surface area contributed by atoms with Crippen LogP contribution in [0, 0.1) is 4.77 Å². The average molecular weight is 246 g/mol. The van der Waals surface area contributed by atoms with Crippen LogP contribution in [0.2, 0.25) is 0 Å². The van der Waals surface area contributed by atoms with Crippen molar-refractivity contribution in [3.63, 3.8) is 0 Å². The lowest BCUT2D eigenvalue weighted by atomic mass is 10.2. The summed E-state index contributed by atoms with van der Waals surface area (Å²) in [6, 6.07) is 6.58. The van der Waals surface area contributed by atoms with Crippen LogP contribution in [0.15, 0.2) is 24.4 Å². The monoisotopic (exact) mass is 246 g/mol. The maximum absolute atomic E-state index is 5.25. The molecular weight excluding hydrogens is 232 g/mol. The van der Waals surface area contributed by atoms with E-state index in [0.717, 1.165) is 29.1 Å². The first-order chi connectivity index (χ1) is 8.34. The Morgan fingerprint density at radius 3 is 2.94 bits per heavy atom. The molecule has 1 N–H and O–H groups in total. The molecule has 4 nitrogen and oxygen atoms in total. The molecule has 0 radical (unpaired) electrons. The Bertz CT molecular complexity index is 553. The fourth-order valence-corrected chi connectivity index (χ4v) is 2.31. The lowest BCUT2D eigenvalue weighted by molar-refractivity contribution is 0.664. The predicted molar refractivity (Wildman–Crippen MR) is 67.3 cm³/mol. The number of aromatic nitrogens is 4. The highest BCUT2D eigenvalue weighted by molar-refractivity contribution is 7.71. The summed E-state index contributed by atoms with van der Waals surface area (Å²) in [6.45, 7) is 0. The van der Waals surface area contributed by atoms with Gasteiger partial charge in [0.25, 0.3) is 0 Å². The highest BCUT2D eigenvalue weighted by atomic mass is 32.1. The molecule has 0 spiro atoms. The van der Waals surface area contributed by atoms with Crippen LogP contribution in [-0.4, -0.2) is 19.7 Å². The lowest BCUT2D eigenvalue weighted by Crippen LogP contribution is -2.04. The summed E-state index contributed by atoms with van der Waals surface area (Å²) >= 11 is 5.25. The smallest absolute Gasteiger partial charge is 0.195 e. The normalized spacial score (nSPS) is 15.1. The van der Waals surface area contributed by atoms with E-state index in [1.165, 1.54) is 12.8 Å². The Balaban J connectivity index is 1.75. The number of H-pyrrole nitrogens is 1. The zero-order valence-electron chi connectivity index (χ0n) is 9.47. The van der Waals surface area contributed by atoms with Gasteiger partial charge in [0.05, 0.1) is 0 Å². The van der Waals surface area contributed by atoms with E-state index in [4.69, 9.17) is 12.2 Å². The van der Waals surface area contributed by atoms with E-state index < -0.39 is 0 Å². The van der Waals surface area contributed by atoms with E-state index in [-0.39, 0.29) is 0 Å². The van der Waals surface area contributed by atoms with Gasteiger partial charge in [-0.1, -0.05) is 6.07 Å². The number of nitrogens with zero attached hydrogens (tertiary/aromatic N) is 3. The average Bonchev–Trinajstić information content (AvgIpc) is 3.12. The number of aryl methyl sites for hydroxylation is 2. The van der Waals surface area contributed by atoms with E-state index >= 15 is 0 Å². The Hall–Kier alpha value is -1.49. The van der Waals surface area contributed by atoms with E-state index in [2.05, 4.69) is 19.7 Å². The zero-order chi connectivity index (χ0) is 11.7. The maximum Gasteiger partial charge on any atom is 0.195 e. The Morgan fingerprint density at radius 2 is 2.24 bits per heavy atom. The van der Waals surface area contributed by atoms with Crippen LogP contribution in [0.3, 0.4) is 0 Å². The number of aromatic amines is 1. The van der Waals surface area contributed by atoms with Crippen molar-refractivity contribution in [2.24, 2.45) is 0 Å². The minimum absolute atomic E-state index is 0.583. The van der Waals surface area contributed by atoms with Crippen LogP contribution in [0.1, 0.15) is 30.4 Å². The maximum atomic E-state index is 5.25.